The smallest absolute Gasteiger partial charge is 0.348 e. The van der Waals surface area contributed by atoms with Gasteiger partial charge in [0.2, 0.25) is 5.40 Å². The van der Waals surface area contributed by atoms with E-state index in [0.29, 0.717) is 6.21 Å². The van der Waals surface area contributed by atoms with Crippen molar-refractivity contribution in [2.75, 3.05) is 6.61 Å². The topological polar surface area (TPSA) is 203 Å². The highest BCUT2D eigenvalue weighted by Crippen LogP contribution is 2.63. The summed E-state index contributed by atoms with van der Waals surface area (Å²) in [4.78, 5) is 57.3. The third-order valence-electron chi connectivity index (χ3n) is 2.65. The number of hydrogen-bond acceptors (Lipinski definition) is 8. The second-order valence-electron chi connectivity index (χ2n) is 4.33. The van der Waals surface area contributed by atoms with E-state index in [1.54, 1.807) is 0 Å². The lowest BCUT2D eigenvalue weighted by Crippen LogP contribution is -2.33. The molecule has 0 amide bonds. The Morgan fingerprint density at radius 2 is 2.13 bits per heavy atom. The highest BCUT2D eigenvalue weighted by Gasteiger charge is 2.53. The molecule has 2 unspecified atom stereocenters. The van der Waals surface area contributed by atoms with Gasteiger partial charge in [0.25, 0.3) is 0 Å². The molecule has 0 spiro atoms. The molecule has 1 aromatic heterocycles. The van der Waals surface area contributed by atoms with Crippen molar-refractivity contribution in [1.29, 1.82) is 5.41 Å². The Bertz CT molecular complexity index is 657. The maximum atomic E-state index is 12.2. The van der Waals surface area contributed by atoms with Gasteiger partial charge >= 0.3 is 15.2 Å². The Morgan fingerprint density at radius 1 is 1.48 bits per heavy atom. The van der Waals surface area contributed by atoms with Gasteiger partial charge in [0.1, 0.15) is 0 Å². The monoisotopic (exact) mass is 368 g/mol. The van der Waals surface area contributed by atoms with Gasteiger partial charge in [0.15, 0.2) is 11.8 Å². The van der Waals surface area contributed by atoms with Gasteiger partial charge in [0.05, 0.1) is 12.9 Å². The van der Waals surface area contributed by atoms with Crippen molar-refractivity contribution < 1.29 is 33.1 Å². The zero-order chi connectivity index (χ0) is 17.7. The normalized spacial score (nSPS) is 17.0. The molecule has 3 atom stereocenters. The number of aromatic nitrogens is 2. The van der Waals surface area contributed by atoms with Crippen molar-refractivity contribution in [3.8, 4) is 0 Å². The fourth-order valence-corrected chi connectivity index (χ4v) is 4.85. The largest absolute Gasteiger partial charge is 0.351 e. The van der Waals surface area contributed by atoms with Crippen LogP contribution < -0.4 is 0 Å². The average Bonchev–Trinajstić information content (AvgIpc) is 2.93. The van der Waals surface area contributed by atoms with E-state index < -0.39 is 39.0 Å². The quantitative estimate of drug-likeness (QED) is 0.214. The van der Waals surface area contributed by atoms with Crippen molar-refractivity contribution in [1.82, 2.24) is 9.97 Å². The molecule has 128 valence electrons. The van der Waals surface area contributed by atoms with Gasteiger partial charge in [-0.2, -0.15) is 4.91 Å². The lowest BCUT2D eigenvalue weighted by atomic mass is 10.1. The van der Waals surface area contributed by atoms with Crippen molar-refractivity contribution in [2.24, 2.45) is 5.18 Å². The number of nitrogens with zero attached hydrogens (tertiary/aromatic N) is 2. The number of nitroso groups, excluding NO2 is 1. The van der Waals surface area contributed by atoms with E-state index in [0.717, 1.165) is 0 Å². The van der Waals surface area contributed by atoms with Crippen LogP contribution in [0.15, 0.2) is 17.7 Å². The van der Waals surface area contributed by atoms with E-state index in [1.165, 1.54) is 12.5 Å². The molecule has 5 N–H and O–H groups in total. The van der Waals surface area contributed by atoms with Crippen LogP contribution in [0.25, 0.3) is 0 Å². The molecule has 0 aliphatic heterocycles. The van der Waals surface area contributed by atoms with Crippen molar-refractivity contribution in [3.05, 3.63) is 23.1 Å². The molecule has 0 saturated heterocycles. The molecule has 1 aromatic rings. The second kappa shape index (κ2) is 7.82. The summed E-state index contributed by atoms with van der Waals surface area (Å²) in [7, 11) is -10.6. The number of Topliss-reactive ketones (excluding diaryl/α,β-unsaturated/α-hetero) is 1. The molecule has 0 bridgehead atoms. The van der Waals surface area contributed by atoms with Gasteiger partial charge < -0.3 is 29.6 Å². The maximum Gasteiger partial charge on any atom is 0.351 e. The summed E-state index contributed by atoms with van der Waals surface area (Å²) in [5.41, 5.74) is 0.264. The summed E-state index contributed by atoms with van der Waals surface area (Å²) in [5.74, 6) is -1.53. The van der Waals surface area contributed by atoms with Gasteiger partial charge in [-0.3, -0.25) is 13.9 Å². The second-order valence-corrected chi connectivity index (χ2v) is 8.34. The number of nitrogens with one attached hydrogen (secondary N) is 2. The number of carbonyl (C=O) groups excluding carboxylic acids is 1. The molecular weight excluding hydrogens is 354 g/mol. The van der Waals surface area contributed by atoms with Crippen LogP contribution in [0.2, 0.25) is 0 Å². The van der Waals surface area contributed by atoms with Crippen LogP contribution in [0.1, 0.15) is 5.69 Å². The summed E-state index contributed by atoms with van der Waals surface area (Å²) >= 11 is 0. The molecule has 0 fully saturated rings. The first-order valence-corrected chi connectivity index (χ1v) is 9.31. The van der Waals surface area contributed by atoms with E-state index in [1.807, 2.05) is 0 Å². The number of hydrogen-bond donors (Lipinski definition) is 5. The highest BCUT2D eigenvalue weighted by atomic mass is 31.2. The number of H-pyrrole nitrogens is 1. The summed E-state index contributed by atoms with van der Waals surface area (Å²) < 4.78 is 27.7. The van der Waals surface area contributed by atoms with Crippen LogP contribution in [0.4, 0.5) is 0 Å². The zero-order valence-corrected chi connectivity index (χ0v) is 13.3. The molecule has 0 radical (unpaired) electrons. The number of carbonyl (C=O) groups is 1. The summed E-state index contributed by atoms with van der Waals surface area (Å²) in [6.45, 7) is -0.739. The molecule has 0 aliphatic rings. The first-order chi connectivity index (χ1) is 10.6. The Balaban J connectivity index is 3.12. The lowest BCUT2D eigenvalue weighted by molar-refractivity contribution is -0.119. The highest BCUT2D eigenvalue weighted by molar-refractivity contribution is 7.73. The van der Waals surface area contributed by atoms with Crippen LogP contribution in [0.5, 0.6) is 0 Å². The molecule has 0 aromatic carbocycles. The van der Waals surface area contributed by atoms with Gasteiger partial charge in [0, 0.05) is 24.5 Å². The van der Waals surface area contributed by atoms with Crippen LogP contribution >= 0.6 is 15.2 Å². The van der Waals surface area contributed by atoms with Gasteiger partial charge in [-0.1, -0.05) is 5.18 Å². The number of imidazole rings is 1. The van der Waals surface area contributed by atoms with E-state index in [9.17, 15) is 33.5 Å². The SMILES string of the molecule is N=CCOP(=O)(O)C(C(=O)[C@H](Cc1cnc[nH]1)N=O)P(=O)(O)O. The Morgan fingerprint density at radius 3 is 2.57 bits per heavy atom. The minimum absolute atomic E-state index is 0.264. The summed E-state index contributed by atoms with van der Waals surface area (Å²) in [6.07, 6.45) is 2.67. The molecule has 0 saturated carbocycles. The number of aromatic amines is 1. The minimum atomic E-state index is -5.44. The fourth-order valence-electron chi connectivity index (χ4n) is 1.70. The molecule has 12 nitrogen and oxygen atoms in total. The Kier molecular flexibility index (Phi) is 6.63. The molecule has 0 aliphatic carbocycles. The van der Waals surface area contributed by atoms with Gasteiger partial charge in [-0.15, -0.1) is 0 Å². The maximum absolute atomic E-state index is 12.2. The van der Waals surface area contributed by atoms with Crippen LogP contribution in [-0.2, 0) is 24.9 Å². The van der Waals surface area contributed by atoms with E-state index in [-0.39, 0.29) is 12.1 Å². The Labute approximate surface area is 129 Å². The van der Waals surface area contributed by atoms with Crippen molar-refractivity contribution in [2.45, 2.75) is 17.9 Å². The standard InChI is InChI=1S/C9H14N4O8P2/c10-1-2-21-23(19,20)9(22(16,17)18)8(14)7(13-15)3-6-4-11-5-12-6/h1,4-5,7,9-10H,2-3H2,(H,11,12)(H,19,20)(H2,16,17,18)/t7-,9?/m0/s1. The lowest BCUT2D eigenvalue weighted by Gasteiger charge is -2.23. The van der Waals surface area contributed by atoms with Crippen LogP contribution in [-0.4, -0.2) is 54.7 Å². The Hall–Kier alpha value is -1.55. The molecule has 1 rings (SSSR count). The van der Waals surface area contributed by atoms with Gasteiger partial charge in [-0.25, -0.2) is 4.98 Å². The zero-order valence-electron chi connectivity index (χ0n) is 11.5. The van der Waals surface area contributed by atoms with E-state index in [4.69, 9.17) is 5.41 Å². The number of ketones is 1. The predicted molar refractivity (Wildman–Crippen MR) is 77.3 cm³/mol. The third kappa shape index (κ3) is 5.24. The molecule has 23 heavy (non-hydrogen) atoms. The average molecular weight is 368 g/mol. The van der Waals surface area contributed by atoms with Crippen LogP contribution in [0, 0.1) is 10.3 Å². The third-order valence-corrected chi connectivity index (χ3v) is 6.71. The molecule has 14 heteroatoms. The molecule has 1 heterocycles. The van der Waals surface area contributed by atoms with Gasteiger partial charge in [-0.05, 0) is 0 Å². The van der Waals surface area contributed by atoms with E-state index >= 15 is 0 Å². The predicted octanol–water partition coefficient (Wildman–Crippen LogP) is 0.0117. The van der Waals surface area contributed by atoms with Crippen molar-refractivity contribution >= 4 is 27.2 Å². The summed E-state index contributed by atoms with van der Waals surface area (Å²) in [6, 6.07) is -1.82. The molecular formula is C9H14N4O8P2. The van der Waals surface area contributed by atoms with Crippen LogP contribution in [0.3, 0.4) is 0 Å². The minimum Gasteiger partial charge on any atom is -0.348 e. The van der Waals surface area contributed by atoms with Crippen molar-refractivity contribution in [3.63, 3.8) is 0 Å². The first-order valence-electron chi connectivity index (χ1n) is 5.98. The fraction of sp³-hybridized carbons (Fsp3) is 0.444. The van der Waals surface area contributed by atoms with E-state index in [2.05, 4.69) is 19.7 Å². The summed E-state index contributed by atoms with van der Waals surface area (Å²) in [5, 5.41) is 6.40. The first kappa shape index (κ1) is 19.5. The number of rotatable bonds is 10.